The van der Waals surface area contributed by atoms with Crippen molar-refractivity contribution >= 4 is 50.9 Å². The molecule has 5 aromatic rings. The Morgan fingerprint density at radius 3 is 2.28 bits per heavy atom. The van der Waals surface area contributed by atoms with Gasteiger partial charge in [0.1, 0.15) is 5.75 Å². The number of para-hydroxylation sites is 1. The zero-order valence-corrected chi connectivity index (χ0v) is 20.0. The van der Waals surface area contributed by atoms with Crippen molar-refractivity contribution in [1.29, 1.82) is 0 Å². The van der Waals surface area contributed by atoms with Crippen molar-refractivity contribution in [2.24, 2.45) is 5.73 Å². The van der Waals surface area contributed by atoms with Gasteiger partial charge in [-0.1, -0.05) is 65.7 Å². The highest BCUT2D eigenvalue weighted by Crippen LogP contribution is 2.39. The Bertz CT molecular complexity index is 1620. The lowest BCUT2D eigenvalue weighted by Crippen LogP contribution is -2.18. The minimum atomic E-state index is -4.84. The molecular formula is C27H17Cl2F3N2O2. The normalized spacial score (nSPS) is 11.8. The molecule has 0 atom stereocenters. The molecule has 0 radical (unpaired) electrons. The Labute approximate surface area is 213 Å². The highest BCUT2D eigenvalue weighted by atomic mass is 35.5. The third-order valence-corrected chi connectivity index (χ3v) is 6.56. The maximum absolute atomic E-state index is 13.1. The van der Waals surface area contributed by atoms with Gasteiger partial charge in [-0.15, -0.1) is 13.2 Å². The first-order chi connectivity index (χ1) is 17.1. The SMILES string of the molecule is NC(=O)c1cccc2c1c1ccc(-c3c(Cl)cccc3Cl)cc1n2Cc1ccccc1OC(F)(F)F. The molecule has 0 spiro atoms. The molecule has 9 heteroatoms. The Hall–Kier alpha value is -3.68. The number of hydrogen-bond donors (Lipinski definition) is 1. The van der Waals surface area contributed by atoms with Crippen LogP contribution in [0.2, 0.25) is 10.0 Å². The average Bonchev–Trinajstić information content (AvgIpc) is 3.12. The molecule has 0 unspecified atom stereocenters. The number of ether oxygens (including phenoxy) is 1. The Morgan fingerprint density at radius 1 is 0.889 bits per heavy atom. The number of carbonyl (C=O) groups is 1. The lowest BCUT2D eigenvalue weighted by molar-refractivity contribution is -0.274. The van der Waals surface area contributed by atoms with Crippen LogP contribution in [-0.4, -0.2) is 16.8 Å². The Balaban J connectivity index is 1.79. The smallest absolute Gasteiger partial charge is 0.405 e. The van der Waals surface area contributed by atoms with Gasteiger partial charge in [0, 0.05) is 37.5 Å². The molecule has 0 fully saturated rings. The molecule has 5 rings (SSSR count). The van der Waals surface area contributed by atoms with Crippen LogP contribution in [0.4, 0.5) is 13.2 Å². The fraction of sp³-hybridized carbons (Fsp3) is 0.0741. The van der Waals surface area contributed by atoms with Crippen molar-refractivity contribution in [1.82, 2.24) is 4.57 Å². The third kappa shape index (κ3) is 4.36. The van der Waals surface area contributed by atoms with Crippen molar-refractivity contribution in [2.75, 3.05) is 0 Å². The van der Waals surface area contributed by atoms with E-state index >= 15 is 0 Å². The van der Waals surface area contributed by atoms with Crippen molar-refractivity contribution < 1.29 is 22.7 Å². The molecule has 0 aliphatic heterocycles. The van der Waals surface area contributed by atoms with E-state index < -0.39 is 12.3 Å². The molecule has 4 nitrogen and oxygen atoms in total. The molecule has 0 saturated heterocycles. The standard InChI is InChI=1S/C27H17Cl2F3N2O2/c28-19-7-4-8-20(29)24(19)15-11-12-17-22(13-15)34(21-9-3-6-18(25(17)21)26(33)35)14-16-5-1-2-10-23(16)36-27(30,31)32/h1-13H,14H2,(H2,33,35). The predicted molar refractivity (Wildman–Crippen MR) is 136 cm³/mol. The van der Waals surface area contributed by atoms with E-state index in [1.54, 1.807) is 48.5 Å². The van der Waals surface area contributed by atoms with E-state index in [1.165, 1.54) is 12.1 Å². The summed E-state index contributed by atoms with van der Waals surface area (Å²) < 4.78 is 45.3. The van der Waals surface area contributed by atoms with Crippen LogP contribution in [-0.2, 0) is 6.54 Å². The second-order valence-corrected chi connectivity index (χ2v) is 8.95. The van der Waals surface area contributed by atoms with Crippen LogP contribution < -0.4 is 10.5 Å². The number of carbonyl (C=O) groups excluding carboxylic acids is 1. The summed E-state index contributed by atoms with van der Waals surface area (Å²) in [6, 6.07) is 21.7. The number of aromatic nitrogens is 1. The van der Waals surface area contributed by atoms with Crippen LogP contribution in [0.5, 0.6) is 5.75 Å². The fourth-order valence-corrected chi connectivity index (χ4v) is 5.09. The number of rotatable bonds is 5. The topological polar surface area (TPSA) is 57.2 Å². The van der Waals surface area contributed by atoms with Crippen molar-refractivity contribution in [3.8, 4) is 16.9 Å². The number of hydrogen-bond acceptors (Lipinski definition) is 2. The Kier molecular flexibility index (Phi) is 6.06. The largest absolute Gasteiger partial charge is 0.573 e. The zero-order chi connectivity index (χ0) is 25.6. The van der Waals surface area contributed by atoms with Crippen LogP contribution in [0.1, 0.15) is 15.9 Å². The summed E-state index contributed by atoms with van der Waals surface area (Å²) in [4.78, 5) is 12.2. The van der Waals surface area contributed by atoms with Gasteiger partial charge in [-0.2, -0.15) is 0 Å². The fourth-order valence-electron chi connectivity index (χ4n) is 4.48. The summed E-state index contributed by atoms with van der Waals surface area (Å²) in [6.45, 7) is 0.0359. The summed E-state index contributed by atoms with van der Waals surface area (Å²) in [5.74, 6) is -0.921. The number of nitrogens with zero attached hydrogens (tertiary/aromatic N) is 1. The summed E-state index contributed by atoms with van der Waals surface area (Å²) in [5, 5.41) is 2.21. The molecule has 182 valence electrons. The van der Waals surface area contributed by atoms with Crippen LogP contribution >= 0.6 is 23.2 Å². The van der Waals surface area contributed by atoms with Crippen LogP contribution in [0, 0.1) is 0 Å². The van der Waals surface area contributed by atoms with E-state index in [9.17, 15) is 18.0 Å². The zero-order valence-electron chi connectivity index (χ0n) is 18.4. The van der Waals surface area contributed by atoms with Crippen LogP contribution in [0.25, 0.3) is 32.9 Å². The summed E-state index contributed by atoms with van der Waals surface area (Å²) >= 11 is 12.9. The van der Waals surface area contributed by atoms with Gasteiger partial charge in [0.15, 0.2) is 0 Å². The van der Waals surface area contributed by atoms with Gasteiger partial charge in [0.25, 0.3) is 0 Å². The van der Waals surface area contributed by atoms with Gasteiger partial charge in [-0.05, 0) is 42.0 Å². The first-order valence-electron chi connectivity index (χ1n) is 10.8. The minimum absolute atomic E-state index is 0.0359. The van der Waals surface area contributed by atoms with E-state index in [1.807, 2.05) is 22.8 Å². The second kappa shape index (κ2) is 9.08. The first-order valence-corrected chi connectivity index (χ1v) is 11.5. The molecule has 0 aliphatic carbocycles. The van der Waals surface area contributed by atoms with E-state index in [2.05, 4.69) is 4.74 Å². The number of amides is 1. The molecule has 1 aromatic heterocycles. The monoisotopic (exact) mass is 528 g/mol. The molecule has 0 saturated carbocycles. The first kappa shape index (κ1) is 24.0. The Morgan fingerprint density at radius 2 is 1.58 bits per heavy atom. The minimum Gasteiger partial charge on any atom is -0.405 e. The quantitative estimate of drug-likeness (QED) is 0.253. The average molecular weight is 529 g/mol. The second-order valence-electron chi connectivity index (χ2n) is 8.13. The highest BCUT2D eigenvalue weighted by Gasteiger charge is 2.32. The van der Waals surface area contributed by atoms with Gasteiger partial charge in [0.05, 0.1) is 17.6 Å². The number of primary amides is 1. The summed E-state index contributed by atoms with van der Waals surface area (Å²) in [6.07, 6.45) is -4.84. The van der Waals surface area contributed by atoms with Crippen molar-refractivity contribution in [3.63, 3.8) is 0 Å². The van der Waals surface area contributed by atoms with Crippen molar-refractivity contribution in [2.45, 2.75) is 12.9 Å². The molecule has 2 N–H and O–H groups in total. The highest BCUT2D eigenvalue weighted by molar-refractivity contribution is 6.39. The molecule has 1 amide bonds. The van der Waals surface area contributed by atoms with Gasteiger partial charge < -0.3 is 15.0 Å². The molecular weight excluding hydrogens is 512 g/mol. The number of benzene rings is 4. The van der Waals surface area contributed by atoms with Crippen LogP contribution in [0.15, 0.2) is 78.9 Å². The maximum atomic E-state index is 13.1. The maximum Gasteiger partial charge on any atom is 0.573 e. The molecule has 36 heavy (non-hydrogen) atoms. The van der Waals surface area contributed by atoms with Gasteiger partial charge >= 0.3 is 6.36 Å². The van der Waals surface area contributed by atoms with E-state index in [4.69, 9.17) is 28.9 Å². The number of nitrogens with two attached hydrogens (primary N) is 1. The summed E-state index contributed by atoms with van der Waals surface area (Å²) in [7, 11) is 0. The van der Waals surface area contributed by atoms with E-state index in [0.29, 0.717) is 54.1 Å². The van der Waals surface area contributed by atoms with Gasteiger partial charge in [0.2, 0.25) is 5.91 Å². The summed E-state index contributed by atoms with van der Waals surface area (Å²) in [5.41, 5.74) is 8.89. The van der Waals surface area contributed by atoms with E-state index in [-0.39, 0.29) is 12.3 Å². The lowest BCUT2D eigenvalue weighted by Gasteiger charge is -2.15. The molecule has 1 heterocycles. The molecule has 0 aliphatic rings. The van der Waals surface area contributed by atoms with Crippen molar-refractivity contribution in [3.05, 3.63) is 100 Å². The molecule has 4 aromatic carbocycles. The lowest BCUT2D eigenvalue weighted by atomic mass is 10.0. The van der Waals surface area contributed by atoms with Gasteiger partial charge in [-0.25, -0.2) is 0 Å². The number of alkyl halides is 3. The number of fused-ring (bicyclic) bond motifs is 3. The number of halogens is 5. The predicted octanol–water partition coefficient (Wildman–Crippen LogP) is 7.81. The van der Waals surface area contributed by atoms with Gasteiger partial charge in [-0.3, -0.25) is 4.79 Å². The van der Waals surface area contributed by atoms with Crippen LogP contribution in [0.3, 0.4) is 0 Å². The third-order valence-electron chi connectivity index (χ3n) is 5.93. The van der Waals surface area contributed by atoms with E-state index in [0.717, 1.165) is 0 Å². The molecule has 0 bridgehead atoms.